The molecule has 0 aromatic heterocycles. The number of amidine groups is 1. The number of hydrogen-bond acceptors (Lipinski definition) is 1. The molecule has 2 nitrogen and oxygen atoms in total. The molecule has 1 N–H and O–H groups in total. The predicted molar refractivity (Wildman–Crippen MR) is 50.6 cm³/mol. The van der Waals surface area contributed by atoms with Gasteiger partial charge in [0.05, 0.1) is 0 Å². The van der Waals surface area contributed by atoms with Gasteiger partial charge in [-0.25, -0.2) is 0 Å². The molecule has 62 valence electrons. The topological polar surface area (TPSA) is 24.4 Å². The Labute approximate surface area is 72.3 Å². The molecule has 0 saturated carbocycles. The van der Waals surface area contributed by atoms with Crippen molar-refractivity contribution in [1.82, 2.24) is 5.32 Å². The molecule has 0 bridgehead atoms. The molecule has 1 aromatic carbocycles. The van der Waals surface area contributed by atoms with Gasteiger partial charge in [-0.1, -0.05) is 24.3 Å². The highest BCUT2D eigenvalue weighted by atomic mass is 15.0. The number of hydrogen-bond donors (Lipinski definition) is 1. The van der Waals surface area contributed by atoms with Crippen LogP contribution in [0.2, 0.25) is 0 Å². The van der Waals surface area contributed by atoms with Gasteiger partial charge in [0, 0.05) is 19.2 Å². The summed E-state index contributed by atoms with van der Waals surface area (Å²) in [5.74, 6) is 1.02. The van der Waals surface area contributed by atoms with E-state index in [1.807, 2.05) is 7.05 Å². The highest BCUT2D eigenvalue weighted by Gasteiger charge is 2.12. The largest absolute Gasteiger partial charge is 0.370 e. The third kappa shape index (κ3) is 1.09. The molecule has 1 heterocycles. The molecule has 0 radical (unpaired) electrons. The molecule has 0 spiro atoms. The lowest BCUT2D eigenvalue weighted by atomic mass is 10.0. The number of nitrogens with zero attached hydrogens (tertiary/aromatic N) is 1. The van der Waals surface area contributed by atoms with Crippen LogP contribution >= 0.6 is 0 Å². The standard InChI is InChI=1S/C10H12N2/c1-11-10-9-5-3-2-4-8(9)6-7-12-10/h2-5H,6-7H2,1H3,(H,11,12). The average Bonchev–Trinajstić information content (AvgIpc) is 2.17. The van der Waals surface area contributed by atoms with Crippen LogP contribution in [0.25, 0.3) is 0 Å². The molecule has 0 aliphatic carbocycles. The highest BCUT2D eigenvalue weighted by Crippen LogP contribution is 2.12. The highest BCUT2D eigenvalue weighted by molar-refractivity contribution is 6.00. The average molecular weight is 160 g/mol. The third-order valence-corrected chi connectivity index (χ3v) is 2.18. The van der Waals surface area contributed by atoms with Crippen LogP contribution < -0.4 is 5.32 Å². The molecule has 12 heavy (non-hydrogen) atoms. The van der Waals surface area contributed by atoms with Crippen LogP contribution in [0.3, 0.4) is 0 Å². The van der Waals surface area contributed by atoms with Gasteiger partial charge in [-0.3, -0.25) is 4.99 Å². The molecule has 1 aliphatic heterocycles. The molecule has 0 unspecified atom stereocenters. The Hall–Kier alpha value is -1.31. The van der Waals surface area contributed by atoms with Crippen molar-refractivity contribution in [3.63, 3.8) is 0 Å². The van der Waals surface area contributed by atoms with Gasteiger partial charge in [0.1, 0.15) is 5.84 Å². The second-order valence-corrected chi connectivity index (χ2v) is 2.91. The minimum atomic E-state index is 1.00. The fourth-order valence-electron chi connectivity index (χ4n) is 1.58. The second-order valence-electron chi connectivity index (χ2n) is 2.91. The van der Waals surface area contributed by atoms with Crippen molar-refractivity contribution >= 4 is 5.84 Å². The van der Waals surface area contributed by atoms with Crippen LogP contribution in [0.15, 0.2) is 29.3 Å². The number of fused-ring (bicyclic) bond motifs is 1. The minimum Gasteiger partial charge on any atom is -0.370 e. The van der Waals surface area contributed by atoms with Crippen molar-refractivity contribution in [3.8, 4) is 0 Å². The molecule has 1 aliphatic rings. The van der Waals surface area contributed by atoms with Crippen molar-refractivity contribution in [3.05, 3.63) is 35.4 Å². The van der Waals surface area contributed by atoms with Crippen LogP contribution in [0.1, 0.15) is 11.1 Å². The quantitative estimate of drug-likeness (QED) is 0.606. The number of nitrogens with one attached hydrogen (secondary N) is 1. The van der Waals surface area contributed by atoms with Crippen LogP contribution in [0, 0.1) is 0 Å². The van der Waals surface area contributed by atoms with E-state index in [4.69, 9.17) is 0 Å². The normalized spacial score (nSPS) is 18.6. The van der Waals surface area contributed by atoms with E-state index in [0.717, 1.165) is 18.8 Å². The summed E-state index contributed by atoms with van der Waals surface area (Å²) in [5, 5.41) is 3.27. The Balaban J connectivity index is 2.51. The van der Waals surface area contributed by atoms with Crippen LogP contribution in [0.5, 0.6) is 0 Å². The number of benzene rings is 1. The minimum absolute atomic E-state index is 1.00. The molecule has 0 atom stereocenters. The van der Waals surface area contributed by atoms with Crippen LogP contribution in [-0.2, 0) is 6.42 Å². The van der Waals surface area contributed by atoms with Gasteiger partial charge in [0.25, 0.3) is 0 Å². The fraction of sp³-hybridized carbons (Fsp3) is 0.300. The third-order valence-electron chi connectivity index (χ3n) is 2.18. The van der Waals surface area contributed by atoms with E-state index in [2.05, 4.69) is 34.6 Å². The van der Waals surface area contributed by atoms with Gasteiger partial charge in [-0.05, 0) is 12.0 Å². The lowest BCUT2D eigenvalue weighted by Gasteiger charge is -2.18. The Bertz CT molecular complexity index is 315. The van der Waals surface area contributed by atoms with E-state index in [9.17, 15) is 0 Å². The van der Waals surface area contributed by atoms with Gasteiger partial charge < -0.3 is 5.32 Å². The van der Waals surface area contributed by atoms with E-state index in [0.29, 0.717) is 0 Å². The van der Waals surface area contributed by atoms with E-state index in [1.165, 1.54) is 11.1 Å². The van der Waals surface area contributed by atoms with Crippen LogP contribution in [-0.4, -0.2) is 19.4 Å². The van der Waals surface area contributed by atoms with Crippen molar-refractivity contribution in [2.24, 2.45) is 4.99 Å². The zero-order chi connectivity index (χ0) is 8.39. The van der Waals surface area contributed by atoms with Crippen molar-refractivity contribution < 1.29 is 0 Å². The van der Waals surface area contributed by atoms with Gasteiger partial charge in [0.2, 0.25) is 0 Å². The second kappa shape index (κ2) is 2.97. The summed E-state index contributed by atoms with van der Waals surface area (Å²) < 4.78 is 0. The lowest BCUT2D eigenvalue weighted by molar-refractivity contribution is 0.835. The summed E-state index contributed by atoms with van der Waals surface area (Å²) in [6, 6.07) is 8.42. The Kier molecular flexibility index (Phi) is 1.82. The first-order valence-electron chi connectivity index (χ1n) is 4.21. The zero-order valence-corrected chi connectivity index (χ0v) is 7.17. The molecule has 0 amide bonds. The summed E-state index contributed by atoms with van der Waals surface area (Å²) >= 11 is 0. The summed E-state index contributed by atoms with van der Waals surface area (Å²) in [6.07, 6.45) is 1.11. The van der Waals surface area contributed by atoms with Crippen molar-refractivity contribution in [1.29, 1.82) is 0 Å². The molecular weight excluding hydrogens is 148 g/mol. The molecule has 2 heteroatoms. The van der Waals surface area contributed by atoms with E-state index in [-0.39, 0.29) is 0 Å². The van der Waals surface area contributed by atoms with Crippen molar-refractivity contribution in [2.45, 2.75) is 6.42 Å². The maximum atomic E-state index is 4.19. The van der Waals surface area contributed by atoms with Gasteiger partial charge in [-0.15, -0.1) is 0 Å². The number of aliphatic imine (C=N–C) groups is 1. The Morgan fingerprint density at radius 2 is 2.17 bits per heavy atom. The maximum Gasteiger partial charge on any atom is 0.128 e. The lowest BCUT2D eigenvalue weighted by Crippen LogP contribution is -2.32. The first kappa shape index (κ1) is 7.35. The SMILES string of the molecule is CN=C1NCCc2ccccc21. The van der Waals surface area contributed by atoms with E-state index < -0.39 is 0 Å². The van der Waals surface area contributed by atoms with Gasteiger partial charge in [-0.2, -0.15) is 0 Å². The van der Waals surface area contributed by atoms with Crippen molar-refractivity contribution in [2.75, 3.05) is 13.6 Å². The molecule has 2 rings (SSSR count). The first-order chi connectivity index (χ1) is 5.92. The summed E-state index contributed by atoms with van der Waals surface area (Å²) in [5.41, 5.74) is 2.66. The Morgan fingerprint density at radius 3 is 3.00 bits per heavy atom. The van der Waals surface area contributed by atoms with E-state index >= 15 is 0 Å². The van der Waals surface area contributed by atoms with Gasteiger partial charge >= 0.3 is 0 Å². The van der Waals surface area contributed by atoms with Gasteiger partial charge in [0.15, 0.2) is 0 Å². The summed E-state index contributed by atoms with van der Waals surface area (Å²) in [6.45, 7) is 1.00. The Morgan fingerprint density at radius 1 is 1.33 bits per heavy atom. The number of rotatable bonds is 0. The molecular formula is C10H12N2. The summed E-state index contributed by atoms with van der Waals surface area (Å²) in [4.78, 5) is 4.19. The molecule has 0 saturated heterocycles. The fourth-order valence-corrected chi connectivity index (χ4v) is 1.58. The van der Waals surface area contributed by atoms with E-state index in [1.54, 1.807) is 0 Å². The zero-order valence-electron chi connectivity index (χ0n) is 7.17. The maximum absolute atomic E-state index is 4.19. The smallest absolute Gasteiger partial charge is 0.128 e. The van der Waals surface area contributed by atoms with Crippen LogP contribution in [0.4, 0.5) is 0 Å². The predicted octanol–water partition coefficient (Wildman–Crippen LogP) is 1.21. The first-order valence-corrected chi connectivity index (χ1v) is 4.21. The summed E-state index contributed by atoms with van der Waals surface area (Å²) in [7, 11) is 1.82. The monoisotopic (exact) mass is 160 g/mol. The molecule has 1 aromatic rings. The molecule has 0 fully saturated rings.